The van der Waals surface area contributed by atoms with E-state index in [0.717, 1.165) is 0 Å². The number of aliphatic carboxylic acids is 1. The van der Waals surface area contributed by atoms with Gasteiger partial charge in [0.15, 0.2) is 0 Å². The lowest BCUT2D eigenvalue weighted by atomic mass is 10.1. The van der Waals surface area contributed by atoms with Crippen molar-refractivity contribution in [1.82, 2.24) is 4.72 Å². The first-order valence-corrected chi connectivity index (χ1v) is 6.24. The van der Waals surface area contributed by atoms with Crippen LogP contribution in [0.5, 0.6) is 0 Å². The number of hydrogen-bond donors (Lipinski definition) is 2. The lowest BCUT2D eigenvalue weighted by Gasteiger charge is -2.06. The van der Waals surface area contributed by atoms with E-state index in [0.29, 0.717) is 19.4 Å². The summed E-state index contributed by atoms with van der Waals surface area (Å²) in [5, 5.41) is 8.55. The highest BCUT2D eigenvalue weighted by Gasteiger charge is 2.11. The Morgan fingerprint density at radius 3 is 2.50 bits per heavy atom. The van der Waals surface area contributed by atoms with Gasteiger partial charge >= 0.3 is 5.97 Å². The molecule has 0 saturated carbocycles. The van der Waals surface area contributed by atoms with Crippen molar-refractivity contribution >= 4 is 16.0 Å². The predicted molar refractivity (Wildman–Crippen MR) is 53.5 cm³/mol. The SMILES string of the molecule is CCS(=O)(=O)NCCCC(C)C(=O)O. The molecule has 0 aliphatic carbocycles. The molecule has 0 radical (unpaired) electrons. The second-order valence-corrected chi connectivity index (χ2v) is 5.27. The molecule has 0 amide bonds. The fourth-order valence-electron chi connectivity index (χ4n) is 0.861. The molecule has 0 aromatic heterocycles. The van der Waals surface area contributed by atoms with Crippen molar-refractivity contribution in [2.45, 2.75) is 26.7 Å². The van der Waals surface area contributed by atoms with Gasteiger partial charge in [0.2, 0.25) is 10.0 Å². The van der Waals surface area contributed by atoms with Crippen molar-refractivity contribution in [3.63, 3.8) is 0 Å². The summed E-state index contributed by atoms with van der Waals surface area (Å²) in [6, 6.07) is 0. The van der Waals surface area contributed by atoms with Crippen LogP contribution in [0.3, 0.4) is 0 Å². The van der Waals surface area contributed by atoms with Crippen LogP contribution in [0.15, 0.2) is 0 Å². The van der Waals surface area contributed by atoms with Crippen LogP contribution in [0.4, 0.5) is 0 Å². The van der Waals surface area contributed by atoms with E-state index < -0.39 is 21.9 Å². The van der Waals surface area contributed by atoms with E-state index in [1.165, 1.54) is 0 Å². The third kappa shape index (κ3) is 5.93. The zero-order valence-corrected chi connectivity index (χ0v) is 9.30. The molecule has 6 heteroatoms. The number of carboxylic acids is 1. The Hall–Kier alpha value is -0.620. The van der Waals surface area contributed by atoms with E-state index in [1.807, 2.05) is 0 Å². The predicted octanol–water partition coefficient (Wildman–Crippen LogP) is 0.427. The summed E-state index contributed by atoms with van der Waals surface area (Å²) in [6.45, 7) is 3.48. The topological polar surface area (TPSA) is 83.5 Å². The summed E-state index contributed by atoms with van der Waals surface area (Å²) < 4.78 is 24.3. The second kappa shape index (κ2) is 5.98. The molecule has 0 spiro atoms. The third-order valence-corrected chi connectivity index (χ3v) is 3.34. The standard InChI is InChI=1S/C8H17NO4S/c1-3-14(12,13)9-6-4-5-7(2)8(10)11/h7,9H,3-6H2,1-2H3,(H,10,11). The van der Waals surface area contributed by atoms with Gasteiger partial charge in [0.1, 0.15) is 0 Å². The van der Waals surface area contributed by atoms with E-state index in [-0.39, 0.29) is 5.75 Å². The first kappa shape index (κ1) is 13.4. The minimum absolute atomic E-state index is 0.0570. The molecule has 14 heavy (non-hydrogen) atoms. The van der Waals surface area contributed by atoms with E-state index in [4.69, 9.17) is 5.11 Å². The van der Waals surface area contributed by atoms with Crippen LogP contribution in [0.1, 0.15) is 26.7 Å². The van der Waals surface area contributed by atoms with Crippen molar-refractivity contribution in [2.24, 2.45) is 5.92 Å². The Balaban J connectivity index is 3.62. The molecule has 0 fully saturated rings. The Morgan fingerprint density at radius 1 is 1.50 bits per heavy atom. The molecule has 0 heterocycles. The molecular weight excluding hydrogens is 206 g/mol. The minimum atomic E-state index is -3.14. The molecule has 1 unspecified atom stereocenters. The van der Waals surface area contributed by atoms with Crippen molar-refractivity contribution in [3.05, 3.63) is 0 Å². The van der Waals surface area contributed by atoms with Crippen LogP contribution in [0.25, 0.3) is 0 Å². The van der Waals surface area contributed by atoms with Gasteiger partial charge in [-0.05, 0) is 19.8 Å². The molecule has 0 aromatic rings. The van der Waals surface area contributed by atoms with E-state index in [9.17, 15) is 13.2 Å². The lowest BCUT2D eigenvalue weighted by Crippen LogP contribution is -2.26. The Labute approximate surface area is 84.6 Å². The van der Waals surface area contributed by atoms with Gasteiger partial charge in [-0.3, -0.25) is 4.79 Å². The number of hydrogen-bond acceptors (Lipinski definition) is 3. The van der Waals surface area contributed by atoms with Gasteiger partial charge in [-0.25, -0.2) is 13.1 Å². The van der Waals surface area contributed by atoms with Crippen LogP contribution < -0.4 is 4.72 Å². The molecule has 0 aromatic carbocycles. The van der Waals surface area contributed by atoms with E-state index >= 15 is 0 Å². The number of sulfonamides is 1. The first-order valence-electron chi connectivity index (χ1n) is 4.59. The van der Waals surface area contributed by atoms with Gasteiger partial charge < -0.3 is 5.11 Å². The van der Waals surface area contributed by atoms with Crippen molar-refractivity contribution in [2.75, 3.05) is 12.3 Å². The van der Waals surface area contributed by atoms with Crippen LogP contribution >= 0.6 is 0 Å². The number of nitrogens with one attached hydrogen (secondary N) is 1. The highest BCUT2D eigenvalue weighted by atomic mass is 32.2. The summed E-state index contributed by atoms with van der Waals surface area (Å²) in [5.74, 6) is -1.20. The van der Waals surface area contributed by atoms with Gasteiger partial charge in [0.05, 0.1) is 11.7 Å². The average molecular weight is 223 g/mol. The molecule has 0 aliphatic rings. The Kier molecular flexibility index (Phi) is 5.71. The number of rotatable bonds is 7. The normalized spacial score (nSPS) is 13.9. The maximum Gasteiger partial charge on any atom is 0.306 e. The molecule has 5 nitrogen and oxygen atoms in total. The molecular formula is C8H17NO4S. The number of carbonyl (C=O) groups is 1. The van der Waals surface area contributed by atoms with Crippen LogP contribution in [0.2, 0.25) is 0 Å². The largest absolute Gasteiger partial charge is 0.481 e. The fraction of sp³-hybridized carbons (Fsp3) is 0.875. The summed E-state index contributed by atoms with van der Waals surface area (Å²) in [6.07, 6.45) is 1.04. The van der Waals surface area contributed by atoms with Gasteiger partial charge in [-0.15, -0.1) is 0 Å². The lowest BCUT2D eigenvalue weighted by molar-refractivity contribution is -0.141. The zero-order chi connectivity index (χ0) is 11.2. The number of carboxylic acid groups (broad SMARTS) is 1. The quantitative estimate of drug-likeness (QED) is 0.613. The summed E-state index contributed by atoms with van der Waals surface area (Å²) >= 11 is 0. The second-order valence-electron chi connectivity index (χ2n) is 3.18. The minimum Gasteiger partial charge on any atom is -0.481 e. The van der Waals surface area contributed by atoms with Crippen LogP contribution in [0, 0.1) is 5.92 Å². The summed E-state index contributed by atoms with van der Waals surface area (Å²) in [4.78, 5) is 10.4. The molecule has 1 atom stereocenters. The smallest absolute Gasteiger partial charge is 0.306 e. The first-order chi connectivity index (χ1) is 6.39. The van der Waals surface area contributed by atoms with Gasteiger partial charge in [0.25, 0.3) is 0 Å². The molecule has 0 rings (SSSR count). The van der Waals surface area contributed by atoms with Crippen molar-refractivity contribution < 1.29 is 18.3 Å². The van der Waals surface area contributed by atoms with E-state index in [2.05, 4.69) is 4.72 Å². The third-order valence-electron chi connectivity index (χ3n) is 1.94. The summed E-state index contributed by atoms with van der Waals surface area (Å²) in [7, 11) is -3.14. The average Bonchev–Trinajstić information content (AvgIpc) is 2.12. The molecule has 2 N–H and O–H groups in total. The maximum atomic E-state index is 11.0. The molecule has 84 valence electrons. The van der Waals surface area contributed by atoms with Crippen molar-refractivity contribution in [3.8, 4) is 0 Å². The van der Waals surface area contributed by atoms with E-state index in [1.54, 1.807) is 13.8 Å². The van der Waals surface area contributed by atoms with Gasteiger partial charge in [0, 0.05) is 6.54 Å². The molecule has 0 saturated heterocycles. The van der Waals surface area contributed by atoms with Gasteiger partial charge in [-0.2, -0.15) is 0 Å². The van der Waals surface area contributed by atoms with Crippen LogP contribution in [-0.4, -0.2) is 31.8 Å². The zero-order valence-electron chi connectivity index (χ0n) is 8.49. The Bertz CT molecular complexity index is 273. The highest BCUT2D eigenvalue weighted by Crippen LogP contribution is 2.04. The fourth-order valence-corrected chi connectivity index (χ4v) is 1.52. The molecule has 0 aliphatic heterocycles. The maximum absolute atomic E-state index is 11.0. The monoisotopic (exact) mass is 223 g/mol. The van der Waals surface area contributed by atoms with Crippen molar-refractivity contribution in [1.29, 1.82) is 0 Å². The Morgan fingerprint density at radius 2 is 2.07 bits per heavy atom. The molecule has 0 bridgehead atoms. The van der Waals surface area contributed by atoms with Gasteiger partial charge in [-0.1, -0.05) is 6.92 Å². The summed E-state index contributed by atoms with van der Waals surface area (Å²) in [5.41, 5.74) is 0. The van der Waals surface area contributed by atoms with Crippen LogP contribution in [-0.2, 0) is 14.8 Å². The highest BCUT2D eigenvalue weighted by molar-refractivity contribution is 7.89.